The lowest BCUT2D eigenvalue weighted by atomic mass is 10.2. The molecule has 0 aromatic heterocycles. The summed E-state index contributed by atoms with van der Waals surface area (Å²) in [6, 6.07) is 0. The topological polar surface area (TPSA) is 42.0 Å². The molecule has 0 radical (unpaired) electrons. The monoisotopic (exact) mass is 230 g/mol. The quantitative estimate of drug-likeness (QED) is 0.721. The molecule has 1 rings (SSSR count). The van der Waals surface area contributed by atoms with Crippen molar-refractivity contribution >= 4 is 6.09 Å². The lowest BCUT2D eigenvalue weighted by molar-refractivity contribution is -0.170. The van der Waals surface area contributed by atoms with E-state index in [4.69, 9.17) is 9.57 Å². The average molecular weight is 230 g/mol. The van der Waals surface area contributed by atoms with Crippen LogP contribution in [0.1, 0.15) is 27.7 Å². The number of nitrogens with zero attached hydrogens (tertiary/aromatic N) is 2. The standard InChI is InChI=1S/C11H22N2O3/c1-5-15-13-8-6-12(7-9-13)10(14)16-11(2,3)4/h5-9H2,1-4H3. The molecular weight excluding hydrogens is 208 g/mol. The van der Waals surface area contributed by atoms with Crippen molar-refractivity contribution in [2.75, 3.05) is 32.8 Å². The average Bonchev–Trinajstić information content (AvgIpc) is 2.16. The first-order chi connectivity index (χ1) is 7.42. The maximum Gasteiger partial charge on any atom is 0.410 e. The van der Waals surface area contributed by atoms with Crippen molar-refractivity contribution < 1.29 is 14.4 Å². The minimum Gasteiger partial charge on any atom is -0.444 e. The van der Waals surface area contributed by atoms with E-state index in [0.717, 1.165) is 13.1 Å². The maximum absolute atomic E-state index is 11.7. The Labute approximate surface area is 97.2 Å². The van der Waals surface area contributed by atoms with Gasteiger partial charge in [-0.1, -0.05) is 0 Å². The lowest BCUT2D eigenvalue weighted by Gasteiger charge is -2.34. The Hall–Kier alpha value is -0.810. The van der Waals surface area contributed by atoms with Gasteiger partial charge in [0.05, 0.1) is 6.61 Å². The van der Waals surface area contributed by atoms with Crippen molar-refractivity contribution in [1.82, 2.24) is 9.96 Å². The van der Waals surface area contributed by atoms with Gasteiger partial charge in [-0.25, -0.2) is 4.79 Å². The molecular formula is C11H22N2O3. The van der Waals surface area contributed by atoms with Crippen molar-refractivity contribution in [2.45, 2.75) is 33.3 Å². The van der Waals surface area contributed by atoms with Crippen molar-refractivity contribution in [1.29, 1.82) is 0 Å². The van der Waals surface area contributed by atoms with Crippen LogP contribution in [0.2, 0.25) is 0 Å². The molecule has 1 amide bonds. The van der Waals surface area contributed by atoms with Crippen LogP contribution < -0.4 is 0 Å². The van der Waals surface area contributed by atoms with Gasteiger partial charge >= 0.3 is 6.09 Å². The number of rotatable bonds is 2. The summed E-state index contributed by atoms with van der Waals surface area (Å²) in [5.74, 6) is 0. The molecule has 5 nitrogen and oxygen atoms in total. The summed E-state index contributed by atoms with van der Waals surface area (Å²) in [5, 5.41) is 1.89. The SMILES string of the molecule is CCON1CCN(C(=O)OC(C)(C)C)CC1. The summed E-state index contributed by atoms with van der Waals surface area (Å²) in [6.45, 7) is 11.1. The molecule has 94 valence electrons. The summed E-state index contributed by atoms with van der Waals surface area (Å²) >= 11 is 0. The fraction of sp³-hybridized carbons (Fsp3) is 0.909. The molecule has 0 spiro atoms. The van der Waals surface area contributed by atoms with Gasteiger partial charge in [-0.15, -0.1) is 0 Å². The molecule has 16 heavy (non-hydrogen) atoms. The molecule has 0 aromatic rings. The zero-order valence-electron chi connectivity index (χ0n) is 10.7. The molecule has 1 saturated heterocycles. The van der Waals surface area contributed by atoms with E-state index >= 15 is 0 Å². The number of ether oxygens (including phenoxy) is 1. The van der Waals surface area contributed by atoms with Crippen molar-refractivity contribution in [2.24, 2.45) is 0 Å². The van der Waals surface area contributed by atoms with Crippen LogP contribution in [-0.2, 0) is 9.57 Å². The molecule has 0 atom stereocenters. The zero-order chi connectivity index (χ0) is 12.2. The summed E-state index contributed by atoms with van der Waals surface area (Å²) < 4.78 is 5.30. The van der Waals surface area contributed by atoms with E-state index in [-0.39, 0.29) is 6.09 Å². The van der Waals surface area contributed by atoms with Gasteiger partial charge in [-0.3, -0.25) is 4.84 Å². The first-order valence-corrected chi connectivity index (χ1v) is 5.78. The number of hydroxylamine groups is 2. The Kier molecular flexibility index (Phi) is 4.56. The number of hydrogen-bond acceptors (Lipinski definition) is 4. The van der Waals surface area contributed by atoms with Crippen molar-refractivity contribution in [3.8, 4) is 0 Å². The normalized spacial score (nSPS) is 18.6. The van der Waals surface area contributed by atoms with E-state index in [1.165, 1.54) is 0 Å². The van der Waals surface area contributed by atoms with Crippen LogP contribution in [0.4, 0.5) is 4.79 Å². The van der Waals surface area contributed by atoms with Gasteiger partial charge in [-0.05, 0) is 27.7 Å². The van der Waals surface area contributed by atoms with Crippen LogP contribution in [0, 0.1) is 0 Å². The predicted molar refractivity (Wildman–Crippen MR) is 61.0 cm³/mol. The highest BCUT2D eigenvalue weighted by molar-refractivity contribution is 5.68. The van der Waals surface area contributed by atoms with Crippen LogP contribution in [0.25, 0.3) is 0 Å². The van der Waals surface area contributed by atoms with E-state index in [1.54, 1.807) is 4.90 Å². The molecule has 0 aromatic carbocycles. The summed E-state index contributed by atoms with van der Waals surface area (Å²) in [4.78, 5) is 18.8. The Morgan fingerprint density at radius 2 is 1.75 bits per heavy atom. The third-order valence-corrected chi connectivity index (χ3v) is 2.20. The molecule has 0 aliphatic carbocycles. The minimum absolute atomic E-state index is 0.233. The van der Waals surface area contributed by atoms with E-state index in [0.29, 0.717) is 19.7 Å². The van der Waals surface area contributed by atoms with E-state index in [9.17, 15) is 4.79 Å². The summed E-state index contributed by atoms with van der Waals surface area (Å²) in [6.07, 6.45) is -0.233. The van der Waals surface area contributed by atoms with Crippen LogP contribution in [0.3, 0.4) is 0 Å². The van der Waals surface area contributed by atoms with Gasteiger partial charge in [0.2, 0.25) is 0 Å². The Morgan fingerprint density at radius 1 is 1.19 bits per heavy atom. The van der Waals surface area contributed by atoms with Gasteiger partial charge < -0.3 is 9.64 Å². The van der Waals surface area contributed by atoms with Crippen molar-refractivity contribution in [3.63, 3.8) is 0 Å². The minimum atomic E-state index is -0.422. The van der Waals surface area contributed by atoms with Crippen molar-refractivity contribution in [3.05, 3.63) is 0 Å². The lowest BCUT2D eigenvalue weighted by Crippen LogP contribution is -2.49. The number of piperazine rings is 1. The highest BCUT2D eigenvalue weighted by Gasteiger charge is 2.25. The third kappa shape index (κ3) is 4.37. The zero-order valence-corrected chi connectivity index (χ0v) is 10.7. The van der Waals surface area contributed by atoms with E-state index in [2.05, 4.69) is 0 Å². The molecule has 1 heterocycles. The fourth-order valence-electron chi connectivity index (χ4n) is 1.51. The van der Waals surface area contributed by atoms with Gasteiger partial charge in [0.15, 0.2) is 0 Å². The Balaban J connectivity index is 2.33. The molecule has 5 heteroatoms. The molecule has 0 bridgehead atoms. The highest BCUT2D eigenvalue weighted by Crippen LogP contribution is 2.11. The molecule has 1 aliphatic heterocycles. The van der Waals surface area contributed by atoms with Crippen LogP contribution in [-0.4, -0.2) is 54.4 Å². The summed E-state index contributed by atoms with van der Waals surface area (Å²) in [5.41, 5.74) is -0.422. The van der Waals surface area contributed by atoms with Crippen LogP contribution >= 0.6 is 0 Å². The predicted octanol–water partition coefficient (Wildman–Crippen LogP) is 1.49. The first kappa shape index (κ1) is 13.3. The first-order valence-electron chi connectivity index (χ1n) is 5.78. The maximum atomic E-state index is 11.7. The largest absolute Gasteiger partial charge is 0.444 e. The number of carbonyl (C=O) groups excluding carboxylic acids is 1. The van der Waals surface area contributed by atoms with Crippen LogP contribution in [0.5, 0.6) is 0 Å². The highest BCUT2D eigenvalue weighted by atomic mass is 16.7. The van der Waals surface area contributed by atoms with E-state index in [1.807, 2.05) is 32.8 Å². The van der Waals surface area contributed by atoms with Gasteiger partial charge in [0.25, 0.3) is 0 Å². The third-order valence-electron chi connectivity index (χ3n) is 2.20. The van der Waals surface area contributed by atoms with Gasteiger partial charge in [0, 0.05) is 26.2 Å². The Morgan fingerprint density at radius 3 is 2.19 bits per heavy atom. The molecule has 0 saturated carbocycles. The van der Waals surface area contributed by atoms with Gasteiger partial charge in [0.1, 0.15) is 5.60 Å². The van der Waals surface area contributed by atoms with E-state index < -0.39 is 5.60 Å². The molecule has 1 aliphatic rings. The number of carbonyl (C=O) groups is 1. The second-order valence-electron chi connectivity index (χ2n) is 4.81. The van der Waals surface area contributed by atoms with Crippen LogP contribution in [0.15, 0.2) is 0 Å². The number of amides is 1. The summed E-state index contributed by atoms with van der Waals surface area (Å²) in [7, 11) is 0. The number of hydrogen-bond donors (Lipinski definition) is 0. The molecule has 0 unspecified atom stereocenters. The second kappa shape index (κ2) is 5.50. The van der Waals surface area contributed by atoms with Gasteiger partial charge in [-0.2, -0.15) is 5.06 Å². The Bertz CT molecular complexity index is 230. The molecule has 0 N–H and O–H groups in total. The second-order valence-corrected chi connectivity index (χ2v) is 4.81. The molecule has 1 fully saturated rings. The fourth-order valence-corrected chi connectivity index (χ4v) is 1.51. The smallest absolute Gasteiger partial charge is 0.410 e.